The average Bonchev–Trinajstić information content (AvgIpc) is 2.74. The zero-order valence-electron chi connectivity index (χ0n) is 16.2. The van der Waals surface area contributed by atoms with E-state index in [0.717, 1.165) is 11.3 Å². The van der Waals surface area contributed by atoms with E-state index in [0.29, 0.717) is 30.4 Å². The molecule has 0 heterocycles. The smallest absolute Gasteiger partial charge is 0.152 e. The third-order valence-corrected chi connectivity index (χ3v) is 3.82. The van der Waals surface area contributed by atoms with Gasteiger partial charge in [-0.3, -0.25) is 5.01 Å². The van der Waals surface area contributed by atoms with Crippen molar-refractivity contribution in [2.75, 3.05) is 38.6 Å². The molecule has 0 saturated carbocycles. The number of ether oxygens (including phenoxy) is 3. The van der Waals surface area contributed by atoms with Gasteiger partial charge in [0.25, 0.3) is 0 Å². The topological polar surface area (TPSA) is 95.3 Å². The van der Waals surface area contributed by atoms with E-state index in [-0.39, 0.29) is 6.61 Å². The van der Waals surface area contributed by atoms with Gasteiger partial charge in [0.05, 0.1) is 19.4 Å². The number of halogens is 1. The molecule has 0 aliphatic carbocycles. The normalized spacial score (nSPS) is 12.5. The molecule has 0 aliphatic heterocycles. The summed E-state index contributed by atoms with van der Waals surface area (Å²) in [6, 6.07) is 14.6. The lowest BCUT2D eigenvalue weighted by atomic mass is 10.1. The van der Waals surface area contributed by atoms with Crippen LogP contribution in [0.25, 0.3) is 0 Å². The minimum Gasteiger partial charge on any atom is -0.497 e. The molecule has 0 aromatic heterocycles. The first-order chi connectivity index (χ1) is 13.6. The maximum absolute atomic E-state index is 12.4. The SMILES string of the molecule is COc1ccc(N(N)/C(=N\C(C)OCCF)c2ccc(OCCN)cc2)cc1. The second-order valence-electron chi connectivity index (χ2n) is 5.84. The molecule has 2 aromatic carbocycles. The van der Waals surface area contributed by atoms with Crippen molar-refractivity contribution in [3.8, 4) is 11.5 Å². The molecular weight excluding hydrogens is 363 g/mol. The van der Waals surface area contributed by atoms with Gasteiger partial charge in [0.2, 0.25) is 0 Å². The highest BCUT2D eigenvalue weighted by Crippen LogP contribution is 2.21. The molecule has 0 radical (unpaired) electrons. The Morgan fingerprint density at radius 1 is 1.07 bits per heavy atom. The highest BCUT2D eigenvalue weighted by molar-refractivity contribution is 6.09. The van der Waals surface area contributed by atoms with E-state index in [4.69, 9.17) is 25.8 Å². The number of nitrogens with zero attached hydrogens (tertiary/aromatic N) is 2. The van der Waals surface area contributed by atoms with Crippen LogP contribution in [0.1, 0.15) is 12.5 Å². The third kappa shape index (κ3) is 6.19. The molecule has 4 N–H and O–H groups in total. The number of alkyl halides is 1. The molecule has 2 rings (SSSR count). The zero-order valence-corrected chi connectivity index (χ0v) is 16.2. The second kappa shape index (κ2) is 11.2. The lowest BCUT2D eigenvalue weighted by Crippen LogP contribution is -2.39. The van der Waals surface area contributed by atoms with Gasteiger partial charge in [-0.1, -0.05) is 0 Å². The van der Waals surface area contributed by atoms with Crippen LogP contribution in [0.3, 0.4) is 0 Å². The molecule has 8 heteroatoms. The van der Waals surface area contributed by atoms with E-state index in [2.05, 4.69) is 4.99 Å². The van der Waals surface area contributed by atoms with Gasteiger partial charge >= 0.3 is 0 Å². The van der Waals surface area contributed by atoms with Crippen molar-refractivity contribution in [1.82, 2.24) is 0 Å². The zero-order chi connectivity index (χ0) is 20.4. The number of hydrazine groups is 1. The molecular formula is C20H27FN4O3. The van der Waals surface area contributed by atoms with Crippen molar-refractivity contribution < 1.29 is 18.6 Å². The van der Waals surface area contributed by atoms with Crippen molar-refractivity contribution in [2.45, 2.75) is 13.2 Å². The first-order valence-electron chi connectivity index (χ1n) is 8.96. The van der Waals surface area contributed by atoms with Crippen LogP contribution >= 0.6 is 0 Å². The van der Waals surface area contributed by atoms with Crippen LogP contribution in [-0.4, -0.2) is 45.6 Å². The Morgan fingerprint density at radius 3 is 2.29 bits per heavy atom. The van der Waals surface area contributed by atoms with E-state index in [9.17, 15) is 4.39 Å². The molecule has 2 aromatic rings. The fraction of sp³-hybridized carbons (Fsp3) is 0.350. The van der Waals surface area contributed by atoms with Crippen LogP contribution in [0, 0.1) is 0 Å². The molecule has 28 heavy (non-hydrogen) atoms. The molecule has 1 atom stereocenters. The Bertz CT molecular complexity index is 738. The molecule has 7 nitrogen and oxygen atoms in total. The van der Waals surface area contributed by atoms with E-state index in [1.54, 1.807) is 26.2 Å². The number of amidine groups is 1. The number of rotatable bonds is 10. The average molecular weight is 390 g/mol. The monoisotopic (exact) mass is 390 g/mol. The van der Waals surface area contributed by atoms with Gasteiger partial charge in [-0.05, 0) is 55.5 Å². The van der Waals surface area contributed by atoms with Gasteiger partial charge in [0.15, 0.2) is 5.84 Å². The summed E-state index contributed by atoms with van der Waals surface area (Å²) in [6.45, 7) is 2.00. The summed E-state index contributed by atoms with van der Waals surface area (Å²) in [6.07, 6.45) is -0.566. The van der Waals surface area contributed by atoms with E-state index < -0.39 is 12.9 Å². The van der Waals surface area contributed by atoms with E-state index in [1.165, 1.54) is 5.01 Å². The standard InChI is InChI=1S/C20H27FN4O3/c1-15(27-13-11-21)24-20(16-3-7-19(8-4-16)28-14-12-22)25(23)17-5-9-18(26-2)10-6-17/h3-10,15H,11-14,22-23H2,1-2H3/b24-20-. The molecule has 0 fully saturated rings. The summed E-state index contributed by atoms with van der Waals surface area (Å²) in [5.74, 6) is 8.23. The van der Waals surface area contributed by atoms with Gasteiger partial charge in [0, 0.05) is 12.1 Å². The Balaban J connectivity index is 2.31. The van der Waals surface area contributed by atoms with Crippen LogP contribution in [0.4, 0.5) is 10.1 Å². The molecule has 1 unspecified atom stereocenters. The summed E-state index contributed by atoms with van der Waals surface area (Å²) in [4.78, 5) is 4.53. The van der Waals surface area contributed by atoms with Gasteiger partial charge < -0.3 is 19.9 Å². The van der Waals surface area contributed by atoms with Gasteiger partial charge in [-0.25, -0.2) is 15.2 Å². The fourth-order valence-corrected chi connectivity index (χ4v) is 2.44. The summed E-state index contributed by atoms with van der Waals surface area (Å²) < 4.78 is 28.4. The van der Waals surface area contributed by atoms with Crippen molar-refractivity contribution in [2.24, 2.45) is 16.6 Å². The number of aliphatic imine (C=N–C) groups is 1. The predicted octanol–water partition coefficient (Wildman–Crippen LogP) is 2.49. The van der Waals surface area contributed by atoms with Gasteiger partial charge in [-0.2, -0.15) is 0 Å². The molecule has 0 spiro atoms. The number of hydrogen-bond acceptors (Lipinski definition) is 6. The van der Waals surface area contributed by atoms with Crippen LogP contribution in [-0.2, 0) is 4.74 Å². The fourth-order valence-electron chi connectivity index (χ4n) is 2.44. The summed E-state index contributed by atoms with van der Waals surface area (Å²) in [7, 11) is 1.60. The van der Waals surface area contributed by atoms with Crippen molar-refractivity contribution in [3.63, 3.8) is 0 Å². The van der Waals surface area contributed by atoms with Crippen molar-refractivity contribution in [1.29, 1.82) is 0 Å². The highest BCUT2D eigenvalue weighted by atomic mass is 19.1. The first-order valence-corrected chi connectivity index (χ1v) is 8.96. The lowest BCUT2D eigenvalue weighted by Gasteiger charge is -2.23. The maximum Gasteiger partial charge on any atom is 0.152 e. The second-order valence-corrected chi connectivity index (χ2v) is 5.84. The molecule has 0 bridgehead atoms. The summed E-state index contributed by atoms with van der Waals surface area (Å²) >= 11 is 0. The number of methoxy groups -OCH3 is 1. The maximum atomic E-state index is 12.4. The van der Waals surface area contributed by atoms with Crippen LogP contribution in [0.2, 0.25) is 0 Å². The van der Waals surface area contributed by atoms with E-state index >= 15 is 0 Å². The molecule has 0 aliphatic rings. The van der Waals surface area contributed by atoms with Crippen LogP contribution in [0.5, 0.6) is 11.5 Å². The minimum absolute atomic E-state index is 0.0308. The van der Waals surface area contributed by atoms with Crippen molar-refractivity contribution >= 4 is 11.5 Å². The lowest BCUT2D eigenvalue weighted by molar-refractivity contribution is 0.0621. The predicted molar refractivity (Wildman–Crippen MR) is 109 cm³/mol. The minimum atomic E-state index is -0.576. The largest absolute Gasteiger partial charge is 0.497 e. The van der Waals surface area contributed by atoms with Crippen molar-refractivity contribution in [3.05, 3.63) is 54.1 Å². The van der Waals surface area contributed by atoms with Gasteiger partial charge in [-0.15, -0.1) is 0 Å². The molecule has 152 valence electrons. The number of hydrogen-bond donors (Lipinski definition) is 2. The highest BCUT2D eigenvalue weighted by Gasteiger charge is 2.15. The number of anilines is 1. The van der Waals surface area contributed by atoms with Gasteiger partial charge in [0.1, 0.15) is 31.0 Å². The number of benzene rings is 2. The first kappa shape index (κ1) is 21.6. The van der Waals surface area contributed by atoms with Crippen LogP contribution < -0.4 is 26.1 Å². The summed E-state index contributed by atoms with van der Waals surface area (Å²) in [5, 5.41) is 1.45. The third-order valence-electron chi connectivity index (χ3n) is 3.82. The molecule has 0 saturated heterocycles. The number of nitrogens with two attached hydrogens (primary N) is 2. The Labute approximate surface area is 164 Å². The molecule has 0 amide bonds. The Kier molecular flexibility index (Phi) is 8.67. The Hall–Kier alpha value is -2.68. The quantitative estimate of drug-likeness (QED) is 0.280. The summed E-state index contributed by atoms with van der Waals surface area (Å²) in [5.41, 5.74) is 6.92. The van der Waals surface area contributed by atoms with Crippen LogP contribution in [0.15, 0.2) is 53.5 Å². The van der Waals surface area contributed by atoms with E-state index in [1.807, 2.05) is 36.4 Å². The Morgan fingerprint density at radius 2 is 1.71 bits per heavy atom.